The van der Waals surface area contributed by atoms with E-state index in [-0.39, 0.29) is 12.4 Å². The molecular formula is C19H18ClFN6O. The van der Waals surface area contributed by atoms with E-state index in [2.05, 4.69) is 10.3 Å². The SMILES string of the molecule is OCCN1CN=C2N[C@@H](c3cc(Cl)ccc3F)n3c(nc4ccccc43)N2C1. The fourth-order valence-electron chi connectivity index (χ4n) is 3.73. The Balaban J connectivity index is 1.70. The van der Waals surface area contributed by atoms with Gasteiger partial charge in [-0.25, -0.2) is 14.4 Å². The molecule has 28 heavy (non-hydrogen) atoms. The highest BCUT2D eigenvalue weighted by Crippen LogP contribution is 2.35. The third-order valence-electron chi connectivity index (χ3n) is 5.03. The smallest absolute Gasteiger partial charge is 0.216 e. The van der Waals surface area contributed by atoms with Crippen LogP contribution in [0.1, 0.15) is 11.7 Å². The number of imidazole rings is 1. The molecular weight excluding hydrogens is 383 g/mol. The van der Waals surface area contributed by atoms with Gasteiger partial charge in [-0.1, -0.05) is 23.7 Å². The summed E-state index contributed by atoms with van der Waals surface area (Å²) in [6.07, 6.45) is -0.527. The average molecular weight is 401 g/mol. The normalized spacial score (nSPS) is 19.2. The van der Waals surface area contributed by atoms with Crippen molar-refractivity contribution >= 4 is 34.5 Å². The van der Waals surface area contributed by atoms with E-state index in [0.717, 1.165) is 11.0 Å². The summed E-state index contributed by atoms with van der Waals surface area (Å²) in [5, 5.41) is 13.1. The molecule has 0 saturated heterocycles. The minimum absolute atomic E-state index is 0.0545. The summed E-state index contributed by atoms with van der Waals surface area (Å²) < 4.78 is 16.7. The molecule has 5 rings (SSSR count). The topological polar surface area (TPSA) is 68.9 Å². The first-order valence-electron chi connectivity index (χ1n) is 8.99. The molecule has 0 bridgehead atoms. The van der Waals surface area contributed by atoms with Crippen LogP contribution in [-0.2, 0) is 0 Å². The number of aromatic nitrogens is 2. The zero-order valence-corrected chi connectivity index (χ0v) is 15.6. The number of aliphatic hydroxyl groups is 1. The molecule has 0 unspecified atom stereocenters. The van der Waals surface area contributed by atoms with Gasteiger partial charge in [0, 0.05) is 17.1 Å². The number of aliphatic imine (C=N–C) groups is 1. The van der Waals surface area contributed by atoms with Crippen molar-refractivity contribution in [2.45, 2.75) is 6.17 Å². The van der Waals surface area contributed by atoms with Gasteiger partial charge in [0.15, 0.2) is 0 Å². The van der Waals surface area contributed by atoms with Gasteiger partial charge < -0.3 is 10.4 Å². The molecule has 0 spiro atoms. The summed E-state index contributed by atoms with van der Waals surface area (Å²) in [5.41, 5.74) is 2.12. The van der Waals surface area contributed by atoms with Crippen LogP contribution >= 0.6 is 11.6 Å². The van der Waals surface area contributed by atoms with E-state index < -0.39 is 6.17 Å². The number of para-hydroxylation sites is 2. The van der Waals surface area contributed by atoms with E-state index in [1.165, 1.54) is 12.1 Å². The molecule has 9 heteroatoms. The minimum Gasteiger partial charge on any atom is -0.395 e. The molecule has 0 amide bonds. The average Bonchev–Trinajstić information content (AvgIpc) is 3.10. The monoisotopic (exact) mass is 400 g/mol. The lowest BCUT2D eigenvalue weighted by Crippen LogP contribution is -2.57. The van der Waals surface area contributed by atoms with Crippen molar-refractivity contribution in [3.05, 3.63) is 58.9 Å². The van der Waals surface area contributed by atoms with E-state index in [1.54, 1.807) is 6.07 Å². The van der Waals surface area contributed by atoms with Gasteiger partial charge in [0.05, 0.1) is 31.0 Å². The van der Waals surface area contributed by atoms with Crippen LogP contribution in [0.2, 0.25) is 5.02 Å². The predicted octanol–water partition coefficient (Wildman–Crippen LogP) is 2.36. The Morgan fingerprint density at radius 1 is 1.25 bits per heavy atom. The Hall–Kier alpha value is -2.68. The molecule has 7 nitrogen and oxygen atoms in total. The Morgan fingerprint density at radius 2 is 2.11 bits per heavy atom. The molecule has 0 radical (unpaired) electrons. The van der Waals surface area contributed by atoms with Gasteiger partial charge in [0.25, 0.3) is 0 Å². The van der Waals surface area contributed by atoms with Gasteiger partial charge in [-0.2, -0.15) is 0 Å². The van der Waals surface area contributed by atoms with E-state index in [4.69, 9.17) is 16.6 Å². The zero-order valence-electron chi connectivity index (χ0n) is 14.9. The number of rotatable bonds is 3. The van der Waals surface area contributed by atoms with Crippen LogP contribution in [0, 0.1) is 5.82 Å². The van der Waals surface area contributed by atoms with Crippen molar-refractivity contribution < 1.29 is 9.50 Å². The molecule has 0 aliphatic carbocycles. The van der Waals surface area contributed by atoms with Crippen LogP contribution in [0.3, 0.4) is 0 Å². The Labute approximate surface area is 165 Å². The van der Waals surface area contributed by atoms with Crippen molar-refractivity contribution in [3.63, 3.8) is 0 Å². The van der Waals surface area contributed by atoms with Crippen LogP contribution in [0.25, 0.3) is 11.0 Å². The Morgan fingerprint density at radius 3 is 2.96 bits per heavy atom. The number of anilines is 1. The van der Waals surface area contributed by atoms with Crippen molar-refractivity contribution in [1.29, 1.82) is 0 Å². The number of β-amino-alcohol motifs (C(OH)–C–C–N with tert-alkyl or cyclic N) is 1. The van der Waals surface area contributed by atoms with Crippen molar-refractivity contribution in [2.24, 2.45) is 4.99 Å². The van der Waals surface area contributed by atoms with Crippen LogP contribution in [0.5, 0.6) is 0 Å². The Bertz CT molecular complexity index is 1080. The molecule has 2 N–H and O–H groups in total. The summed E-state index contributed by atoms with van der Waals surface area (Å²) in [4.78, 5) is 13.3. The molecule has 3 aromatic rings. The van der Waals surface area contributed by atoms with Gasteiger partial charge in [0.2, 0.25) is 11.9 Å². The minimum atomic E-state index is -0.527. The number of halogens is 2. The van der Waals surface area contributed by atoms with Crippen molar-refractivity contribution in [1.82, 2.24) is 19.8 Å². The Kier molecular flexibility index (Phi) is 4.19. The quantitative estimate of drug-likeness (QED) is 0.706. The third-order valence-corrected chi connectivity index (χ3v) is 5.26. The van der Waals surface area contributed by atoms with Gasteiger partial charge in [0.1, 0.15) is 12.0 Å². The number of aliphatic hydroxyl groups excluding tert-OH is 1. The van der Waals surface area contributed by atoms with E-state index >= 15 is 0 Å². The third kappa shape index (κ3) is 2.72. The molecule has 1 aromatic heterocycles. The molecule has 144 valence electrons. The number of fused-ring (bicyclic) bond motifs is 5. The van der Waals surface area contributed by atoms with Crippen LogP contribution in [0.4, 0.5) is 10.3 Å². The number of hydrogen-bond donors (Lipinski definition) is 2. The lowest BCUT2D eigenvalue weighted by molar-refractivity contribution is 0.195. The van der Waals surface area contributed by atoms with E-state index in [1.807, 2.05) is 38.6 Å². The lowest BCUT2D eigenvalue weighted by atomic mass is 10.1. The molecule has 1 atom stereocenters. The van der Waals surface area contributed by atoms with Gasteiger partial charge >= 0.3 is 0 Å². The fourth-order valence-corrected chi connectivity index (χ4v) is 3.91. The first-order chi connectivity index (χ1) is 13.7. The van der Waals surface area contributed by atoms with Gasteiger partial charge in [-0.3, -0.25) is 14.4 Å². The van der Waals surface area contributed by atoms with Crippen molar-refractivity contribution in [2.75, 3.05) is 31.4 Å². The summed E-state index contributed by atoms with van der Waals surface area (Å²) in [7, 11) is 0. The second kappa shape index (κ2) is 6.73. The van der Waals surface area contributed by atoms with E-state index in [9.17, 15) is 9.50 Å². The molecule has 0 saturated carbocycles. The van der Waals surface area contributed by atoms with Gasteiger partial charge in [-0.15, -0.1) is 0 Å². The zero-order chi connectivity index (χ0) is 19.3. The summed E-state index contributed by atoms with van der Waals surface area (Å²) in [6.45, 7) is 1.55. The highest BCUT2D eigenvalue weighted by molar-refractivity contribution is 6.30. The second-order valence-corrected chi connectivity index (χ2v) is 7.23. The van der Waals surface area contributed by atoms with Crippen molar-refractivity contribution in [3.8, 4) is 0 Å². The summed E-state index contributed by atoms with van der Waals surface area (Å²) in [6, 6.07) is 12.3. The first kappa shape index (κ1) is 17.4. The fraction of sp³-hybridized carbons (Fsp3) is 0.263. The maximum absolute atomic E-state index is 14.7. The van der Waals surface area contributed by atoms with Gasteiger partial charge in [-0.05, 0) is 30.3 Å². The molecule has 3 heterocycles. The van der Waals surface area contributed by atoms with Crippen LogP contribution in [0.15, 0.2) is 47.5 Å². The first-order valence-corrected chi connectivity index (χ1v) is 9.37. The standard InChI is InChI=1S/C19H18ClFN6O/c20-12-5-6-14(21)13(9-12)17-24-18-22-10-25(7-8-28)11-26(18)19-23-15-3-1-2-4-16(15)27(17)19/h1-6,9,17,28H,7-8,10-11H2,(H,22,24)/t17-/m1/s1. The summed E-state index contributed by atoms with van der Waals surface area (Å²) >= 11 is 6.16. The number of guanidine groups is 1. The second-order valence-electron chi connectivity index (χ2n) is 6.79. The number of nitrogens with zero attached hydrogens (tertiary/aromatic N) is 5. The molecule has 2 aliphatic heterocycles. The van der Waals surface area contributed by atoms with Crippen LogP contribution < -0.4 is 10.2 Å². The predicted molar refractivity (Wildman–Crippen MR) is 106 cm³/mol. The molecule has 2 aliphatic rings. The van der Waals surface area contributed by atoms with E-state index in [0.29, 0.717) is 42.4 Å². The highest BCUT2D eigenvalue weighted by atomic mass is 35.5. The molecule has 2 aromatic carbocycles. The lowest BCUT2D eigenvalue weighted by Gasteiger charge is -2.41. The number of hydrogen-bond acceptors (Lipinski definition) is 6. The number of benzene rings is 2. The number of nitrogens with one attached hydrogen (secondary N) is 1. The maximum Gasteiger partial charge on any atom is 0.216 e. The highest BCUT2D eigenvalue weighted by Gasteiger charge is 2.36. The maximum atomic E-state index is 14.7. The largest absolute Gasteiger partial charge is 0.395 e. The van der Waals surface area contributed by atoms with Crippen LogP contribution in [-0.4, -0.2) is 52.0 Å². The summed E-state index contributed by atoms with van der Waals surface area (Å²) in [5.74, 6) is 0.949. The molecule has 0 fully saturated rings.